The lowest BCUT2D eigenvalue weighted by Gasteiger charge is -2.30. The van der Waals surface area contributed by atoms with Crippen molar-refractivity contribution in [3.63, 3.8) is 0 Å². The molecule has 1 aromatic heterocycles. The molecule has 11 heteroatoms. The standard InChI is InChI=1S/C28H20N4O6S/c1-38-23-12-9-16(13-22(23)32(36)37)14-24-27(33)30-26(18-6-4-7-19(15-18)31(34)35)21-11-10-17-5-2-3-8-20(17)25(21)29-28(30)39-24/h2-9,12-15,26H,10-11H2,1H3/b24-14-/t26-/m1/s1. The molecule has 2 aliphatic rings. The number of ether oxygens (including phenoxy) is 1. The number of aryl methyl sites for hydroxylation is 1. The van der Waals surface area contributed by atoms with Gasteiger partial charge in [-0.2, -0.15) is 0 Å². The molecule has 1 aliphatic carbocycles. The predicted molar refractivity (Wildman–Crippen MR) is 145 cm³/mol. The van der Waals surface area contributed by atoms with Crippen LogP contribution in [0.5, 0.6) is 5.75 Å². The van der Waals surface area contributed by atoms with E-state index in [-0.39, 0.29) is 22.7 Å². The Bertz CT molecular complexity index is 1910. The van der Waals surface area contributed by atoms with Gasteiger partial charge in [0.1, 0.15) is 0 Å². The van der Waals surface area contributed by atoms with E-state index < -0.39 is 15.9 Å². The summed E-state index contributed by atoms with van der Waals surface area (Å²) in [6, 6.07) is 18.2. The van der Waals surface area contributed by atoms with E-state index in [0.717, 1.165) is 28.8 Å². The van der Waals surface area contributed by atoms with E-state index in [4.69, 9.17) is 9.73 Å². The van der Waals surface area contributed by atoms with Crippen LogP contribution in [0, 0.1) is 20.2 Å². The molecule has 4 aromatic rings. The molecular weight excluding hydrogens is 520 g/mol. The first kappa shape index (κ1) is 24.4. The molecule has 0 N–H and O–H groups in total. The lowest BCUT2D eigenvalue weighted by Crippen LogP contribution is -2.38. The van der Waals surface area contributed by atoms with Crippen LogP contribution in [0.25, 0.3) is 11.8 Å². The van der Waals surface area contributed by atoms with Crippen LogP contribution in [-0.2, 0) is 6.42 Å². The SMILES string of the molecule is COc1ccc(/C=c2\sc3n(c2=O)[C@H](c2cccc([N+](=O)[O-])c2)C2=C(N=3)c3ccccc3CC2)cc1[N+](=O)[O-]. The molecule has 0 radical (unpaired) electrons. The molecule has 2 heterocycles. The van der Waals surface area contributed by atoms with E-state index in [1.54, 1.807) is 28.8 Å². The van der Waals surface area contributed by atoms with Crippen molar-refractivity contribution >= 4 is 34.5 Å². The van der Waals surface area contributed by atoms with E-state index in [9.17, 15) is 25.0 Å². The fourth-order valence-electron chi connectivity index (χ4n) is 5.22. The van der Waals surface area contributed by atoms with Crippen LogP contribution in [0.4, 0.5) is 11.4 Å². The highest BCUT2D eigenvalue weighted by molar-refractivity contribution is 7.07. The number of non-ortho nitro benzene ring substituents is 1. The van der Waals surface area contributed by atoms with Gasteiger partial charge in [0.2, 0.25) is 0 Å². The molecule has 0 saturated heterocycles. The van der Waals surface area contributed by atoms with Crippen LogP contribution >= 0.6 is 11.3 Å². The Labute approximate surface area is 224 Å². The number of thiazole rings is 1. The molecule has 3 aromatic carbocycles. The highest BCUT2D eigenvalue weighted by Gasteiger charge is 2.33. The van der Waals surface area contributed by atoms with Crippen molar-refractivity contribution in [3.8, 4) is 5.75 Å². The van der Waals surface area contributed by atoms with Gasteiger partial charge in [-0.25, -0.2) is 4.99 Å². The number of hydrogen-bond acceptors (Lipinski definition) is 8. The zero-order valence-corrected chi connectivity index (χ0v) is 21.4. The van der Waals surface area contributed by atoms with Crippen LogP contribution in [0.15, 0.2) is 82.1 Å². The molecule has 10 nitrogen and oxygen atoms in total. The molecule has 6 rings (SSSR count). The summed E-state index contributed by atoms with van der Waals surface area (Å²) in [5.74, 6) is 0.121. The first-order valence-electron chi connectivity index (χ1n) is 12.1. The predicted octanol–water partition coefficient (Wildman–Crippen LogP) is 4.14. The van der Waals surface area contributed by atoms with Crippen molar-refractivity contribution < 1.29 is 14.6 Å². The van der Waals surface area contributed by atoms with Gasteiger partial charge in [-0.1, -0.05) is 53.8 Å². The Morgan fingerprint density at radius 3 is 2.62 bits per heavy atom. The third-order valence-electron chi connectivity index (χ3n) is 6.97. The molecule has 0 bridgehead atoms. The van der Waals surface area contributed by atoms with E-state index in [1.165, 1.54) is 42.7 Å². The summed E-state index contributed by atoms with van der Waals surface area (Å²) >= 11 is 1.18. The minimum absolute atomic E-state index is 0.0597. The number of fused-ring (bicyclic) bond motifs is 3. The topological polar surface area (TPSA) is 130 Å². The number of rotatable bonds is 5. The minimum atomic E-state index is -0.572. The van der Waals surface area contributed by atoms with Crippen LogP contribution in [0.1, 0.15) is 34.7 Å². The summed E-state index contributed by atoms with van der Waals surface area (Å²) in [6.45, 7) is 0. The Balaban J connectivity index is 1.60. The number of nitro benzene ring substituents is 2. The number of nitrogens with zero attached hydrogens (tertiary/aromatic N) is 4. The lowest BCUT2D eigenvalue weighted by molar-refractivity contribution is -0.385. The van der Waals surface area contributed by atoms with Gasteiger partial charge in [0, 0.05) is 23.8 Å². The number of nitro groups is 2. The Hall–Kier alpha value is -4.90. The third kappa shape index (κ3) is 4.12. The number of methoxy groups -OCH3 is 1. The molecule has 0 saturated carbocycles. The molecular formula is C28H20N4O6S. The van der Waals surface area contributed by atoms with Crippen molar-refractivity contribution in [3.05, 3.63) is 134 Å². The first-order chi connectivity index (χ1) is 18.9. The lowest BCUT2D eigenvalue weighted by atomic mass is 9.83. The van der Waals surface area contributed by atoms with Crippen molar-refractivity contribution in [2.24, 2.45) is 4.99 Å². The van der Waals surface area contributed by atoms with Gasteiger partial charge in [0.15, 0.2) is 10.6 Å². The normalized spacial score (nSPS) is 16.1. The van der Waals surface area contributed by atoms with Crippen molar-refractivity contribution in [2.75, 3.05) is 7.11 Å². The monoisotopic (exact) mass is 540 g/mol. The minimum Gasteiger partial charge on any atom is -0.490 e. The molecule has 0 amide bonds. The van der Waals surface area contributed by atoms with Crippen molar-refractivity contribution in [1.82, 2.24) is 4.57 Å². The largest absolute Gasteiger partial charge is 0.490 e. The highest BCUT2D eigenvalue weighted by atomic mass is 32.1. The van der Waals surface area contributed by atoms with E-state index in [1.807, 2.05) is 18.2 Å². The van der Waals surface area contributed by atoms with Crippen LogP contribution in [-0.4, -0.2) is 21.5 Å². The van der Waals surface area contributed by atoms with Gasteiger partial charge >= 0.3 is 5.69 Å². The van der Waals surface area contributed by atoms with Crippen molar-refractivity contribution in [1.29, 1.82) is 0 Å². The summed E-state index contributed by atoms with van der Waals surface area (Å²) in [4.78, 5) is 41.3. The molecule has 1 atom stereocenters. The maximum absolute atomic E-state index is 13.8. The Morgan fingerprint density at radius 2 is 1.85 bits per heavy atom. The van der Waals surface area contributed by atoms with Crippen LogP contribution < -0.4 is 19.6 Å². The first-order valence-corrected chi connectivity index (χ1v) is 12.9. The second-order valence-corrected chi connectivity index (χ2v) is 10.2. The summed E-state index contributed by atoms with van der Waals surface area (Å²) in [5, 5.41) is 23.1. The van der Waals surface area contributed by atoms with Gasteiger partial charge in [-0.3, -0.25) is 29.6 Å². The Kier molecular flexibility index (Phi) is 5.92. The second-order valence-electron chi connectivity index (χ2n) is 9.15. The molecule has 194 valence electrons. The highest BCUT2D eigenvalue weighted by Crippen LogP contribution is 2.41. The number of allylic oxidation sites excluding steroid dienone is 1. The summed E-state index contributed by atoms with van der Waals surface area (Å²) in [6.07, 6.45) is 3.01. The summed E-state index contributed by atoms with van der Waals surface area (Å²) < 4.78 is 7.01. The second kappa shape index (κ2) is 9.44. The average Bonchev–Trinajstić information content (AvgIpc) is 3.25. The third-order valence-corrected chi connectivity index (χ3v) is 7.95. The molecule has 0 fully saturated rings. The van der Waals surface area contributed by atoms with Gasteiger partial charge in [0.25, 0.3) is 11.2 Å². The van der Waals surface area contributed by atoms with Crippen molar-refractivity contribution in [2.45, 2.75) is 18.9 Å². The number of aromatic nitrogens is 1. The van der Waals surface area contributed by atoms with E-state index in [0.29, 0.717) is 26.9 Å². The fraction of sp³-hybridized carbons (Fsp3) is 0.143. The zero-order valence-electron chi connectivity index (χ0n) is 20.6. The van der Waals surface area contributed by atoms with E-state index in [2.05, 4.69) is 6.07 Å². The number of benzene rings is 3. The maximum Gasteiger partial charge on any atom is 0.311 e. The average molecular weight is 541 g/mol. The molecule has 39 heavy (non-hydrogen) atoms. The summed E-state index contributed by atoms with van der Waals surface area (Å²) in [5.41, 5.74) is 4.34. The zero-order chi connectivity index (χ0) is 27.3. The van der Waals surface area contributed by atoms with Crippen LogP contribution in [0.2, 0.25) is 0 Å². The molecule has 0 spiro atoms. The Morgan fingerprint density at radius 1 is 1.03 bits per heavy atom. The fourth-order valence-corrected chi connectivity index (χ4v) is 6.22. The van der Waals surface area contributed by atoms with Gasteiger partial charge in [0.05, 0.1) is 33.2 Å². The maximum atomic E-state index is 13.8. The van der Waals surface area contributed by atoms with E-state index >= 15 is 0 Å². The van der Waals surface area contributed by atoms with Gasteiger partial charge < -0.3 is 4.74 Å². The smallest absolute Gasteiger partial charge is 0.311 e. The van der Waals surface area contributed by atoms with Gasteiger partial charge in [-0.05, 0) is 47.2 Å². The molecule has 0 unspecified atom stereocenters. The summed E-state index contributed by atoms with van der Waals surface area (Å²) in [7, 11) is 1.36. The number of hydrogen-bond donors (Lipinski definition) is 0. The quantitative estimate of drug-likeness (QED) is 0.276. The molecule has 1 aliphatic heterocycles. The van der Waals surface area contributed by atoms with Crippen LogP contribution in [0.3, 0.4) is 0 Å². The van der Waals surface area contributed by atoms with Gasteiger partial charge in [-0.15, -0.1) is 0 Å².